The van der Waals surface area contributed by atoms with Gasteiger partial charge in [-0.25, -0.2) is 19.7 Å². The number of nitrogens with zero attached hydrogens (tertiary/aromatic N) is 2. The number of hydrogen-bond acceptors (Lipinski definition) is 4. The van der Waals surface area contributed by atoms with Gasteiger partial charge < -0.3 is 11.5 Å². The molecule has 0 saturated heterocycles. The van der Waals surface area contributed by atoms with Crippen molar-refractivity contribution in [1.82, 2.24) is 5.12 Å². The summed E-state index contributed by atoms with van der Waals surface area (Å²) in [6.07, 6.45) is -0.145. The average Bonchev–Trinajstić information content (AvgIpc) is 2.89. The maximum absolute atomic E-state index is 12.7. The number of nitrogens with two attached hydrogens (primary N) is 3. The second kappa shape index (κ2) is 4.65. The van der Waals surface area contributed by atoms with Crippen LogP contribution in [0.1, 0.15) is 17.5 Å². The third-order valence-electron chi connectivity index (χ3n) is 3.17. The largest absolute Gasteiger partial charge is 0.398 e. The van der Waals surface area contributed by atoms with Gasteiger partial charge in [0.2, 0.25) is 0 Å². The lowest BCUT2D eigenvalue weighted by atomic mass is 10.1. The molecule has 2 rings (SSSR count). The first kappa shape index (κ1) is 13.5. The molecule has 1 saturated carbocycles. The second-order valence-electron chi connectivity index (χ2n) is 4.84. The molecule has 7 heteroatoms. The molecule has 1 aliphatic carbocycles. The van der Waals surface area contributed by atoms with Gasteiger partial charge in [-0.15, -0.1) is 5.10 Å². The van der Waals surface area contributed by atoms with Crippen molar-refractivity contribution in [2.24, 2.45) is 22.6 Å². The fourth-order valence-corrected chi connectivity index (χ4v) is 1.73. The van der Waals surface area contributed by atoms with Gasteiger partial charge in [0.15, 0.2) is 5.84 Å². The van der Waals surface area contributed by atoms with E-state index in [2.05, 4.69) is 5.10 Å². The predicted molar refractivity (Wildman–Crippen MR) is 70.3 cm³/mol. The SMILES string of the molecule is Cc1ccc(/C(N)=N/N(N)CC2CC2(F)F)cc1N. The lowest BCUT2D eigenvalue weighted by Gasteiger charge is -2.13. The highest BCUT2D eigenvalue weighted by Gasteiger charge is 2.57. The summed E-state index contributed by atoms with van der Waals surface area (Å²) in [6.45, 7) is 1.85. The summed E-state index contributed by atoms with van der Waals surface area (Å²) in [6, 6.07) is 5.24. The predicted octanol–water partition coefficient (Wildman–Crippen LogP) is 1.03. The van der Waals surface area contributed by atoms with Gasteiger partial charge in [-0.2, -0.15) is 0 Å². The molecule has 6 N–H and O–H groups in total. The monoisotopic (exact) mass is 269 g/mol. The lowest BCUT2D eigenvalue weighted by molar-refractivity contribution is 0.0875. The Morgan fingerprint density at radius 2 is 2.16 bits per heavy atom. The Labute approximate surface area is 110 Å². The van der Waals surface area contributed by atoms with E-state index in [0.29, 0.717) is 11.3 Å². The van der Waals surface area contributed by atoms with E-state index in [1.165, 1.54) is 0 Å². The maximum Gasteiger partial charge on any atom is 0.253 e. The number of alkyl halides is 2. The molecule has 1 atom stereocenters. The second-order valence-corrected chi connectivity index (χ2v) is 4.84. The van der Waals surface area contributed by atoms with Crippen LogP contribution in [-0.4, -0.2) is 23.4 Å². The zero-order valence-electron chi connectivity index (χ0n) is 10.6. The molecule has 1 aromatic rings. The number of aryl methyl sites for hydroxylation is 1. The highest BCUT2D eigenvalue weighted by atomic mass is 19.3. The number of anilines is 1. The Balaban J connectivity index is 2.03. The average molecular weight is 269 g/mol. The first-order chi connectivity index (χ1) is 8.79. The van der Waals surface area contributed by atoms with Crippen LogP contribution in [0.3, 0.4) is 0 Å². The van der Waals surface area contributed by atoms with Gasteiger partial charge in [0.25, 0.3) is 5.92 Å². The summed E-state index contributed by atoms with van der Waals surface area (Å²) in [5.74, 6) is 2.34. The molecule has 0 aliphatic heterocycles. The lowest BCUT2D eigenvalue weighted by Crippen LogP contribution is -2.32. The Kier molecular flexibility index (Phi) is 3.32. The minimum absolute atomic E-state index is 0.0188. The molecular weight excluding hydrogens is 252 g/mol. The standard InChI is InChI=1S/C12H17F2N5/c1-7-2-3-8(4-10(7)15)11(16)18-19(17)6-9-5-12(9,13)14/h2-4,9H,5-6,15,17H2,1H3,(H2,16,18). The van der Waals surface area contributed by atoms with Crippen LogP contribution in [0.25, 0.3) is 0 Å². The van der Waals surface area contributed by atoms with Crippen molar-refractivity contribution in [3.63, 3.8) is 0 Å². The zero-order valence-corrected chi connectivity index (χ0v) is 10.6. The molecule has 19 heavy (non-hydrogen) atoms. The third-order valence-corrected chi connectivity index (χ3v) is 3.17. The van der Waals surface area contributed by atoms with Gasteiger partial charge in [0.05, 0.1) is 6.54 Å². The number of hydrogen-bond donors (Lipinski definition) is 3. The normalized spacial score (nSPS) is 21.3. The molecule has 0 radical (unpaired) electrons. The van der Waals surface area contributed by atoms with Gasteiger partial charge in [0.1, 0.15) is 0 Å². The molecule has 0 heterocycles. The van der Waals surface area contributed by atoms with E-state index >= 15 is 0 Å². The van der Waals surface area contributed by atoms with Crippen molar-refractivity contribution >= 4 is 11.5 Å². The third kappa shape index (κ3) is 3.11. The number of benzene rings is 1. The minimum atomic E-state index is -2.61. The molecule has 0 aromatic heterocycles. The molecule has 104 valence electrons. The topological polar surface area (TPSA) is 93.7 Å². The number of nitrogen functional groups attached to an aromatic ring is 1. The van der Waals surface area contributed by atoms with E-state index in [1.807, 2.05) is 13.0 Å². The number of halogens is 2. The van der Waals surface area contributed by atoms with Gasteiger partial charge in [-0.1, -0.05) is 12.1 Å². The molecule has 1 fully saturated rings. The maximum atomic E-state index is 12.7. The number of hydrazine groups is 1. The van der Waals surface area contributed by atoms with Crippen LogP contribution >= 0.6 is 0 Å². The zero-order chi connectivity index (χ0) is 14.2. The molecule has 0 amide bonds. The molecular formula is C12H17F2N5. The van der Waals surface area contributed by atoms with Gasteiger partial charge in [-0.05, 0) is 18.6 Å². The summed E-state index contributed by atoms with van der Waals surface area (Å²) in [5.41, 5.74) is 13.7. The van der Waals surface area contributed by atoms with Gasteiger partial charge in [0, 0.05) is 23.6 Å². The summed E-state index contributed by atoms with van der Waals surface area (Å²) in [5, 5.41) is 4.84. The van der Waals surface area contributed by atoms with E-state index in [0.717, 1.165) is 10.7 Å². The minimum Gasteiger partial charge on any atom is -0.398 e. The first-order valence-corrected chi connectivity index (χ1v) is 5.90. The smallest absolute Gasteiger partial charge is 0.253 e. The van der Waals surface area contributed by atoms with Crippen LogP contribution < -0.4 is 17.3 Å². The highest BCUT2D eigenvalue weighted by Crippen LogP contribution is 2.48. The number of hydrazone groups is 1. The van der Waals surface area contributed by atoms with Crippen LogP contribution in [0.15, 0.2) is 23.3 Å². The fourth-order valence-electron chi connectivity index (χ4n) is 1.73. The van der Waals surface area contributed by atoms with Gasteiger partial charge >= 0.3 is 0 Å². The van der Waals surface area contributed by atoms with Crippen LogP contribution in [0.2, 0.25) is 0 Å². The van der Waals surface area contributed by atoms with Crippen molar-refractivity contribution in [1.29, 1.82) is 0 Å². The quantitative estimate of drug-likeness (QED) is 0.250. The van der Waals surface area contributed by atoms with Crippen LogP contribution in [-0.2, 0) is 0 Å². The van der Waals surface area contributed by atoms with Crippen LogP contribution in [0.4, 0.5) is 14.5 Å². The van der Waals surface area contributed by atoms with E-state index in [1.54, 1.807) is 12.1 Å². The van der Waals surface area contributed by atoms with E-state index in [-0.39, 0.29) is 18.8 Å². The Morgan fingerprint density at radius 1 is 1.53 bits per heavy atom. The molecule has 1 aliphatic rings. The van der Waals surface area contributed by atoms with E-state index < -0.39 is 11.8 Å². The van der Waals surface area contributed by atoms with Crippen LogP contribution in [0.5, 0.6) is 0 Å². The molecule has 1 unspecified atom stereocenters. The van der Waals surface area contributed by atoms with E-state index in [4.69, 9.17) is 17.3 Å². The fraction of sp³-hybridized carbons (Fsp3) is 0.417. The summed E-state index contributed by atoms with van der Waals surface area (Å²) in [4.78, 5) is 0. The summed E-state index contributed by atoms with van der Waals surface area (Å²) >= 11 is 0. The van der Waals surface area contributed by atoms with E-state index in [9.17, 15) is 8.78 Å². The molecule has 0 spiro atoms. The summed E-state index contributed by atoms with van der Waals surface area (Å²) in [7, 11) is 0. The van der Waals surface area contributed by atoms with Gasteiger partial charge in [-0.3, -0.25) is 0 Å². The highest BCUT2D eigenvalue weighted by molar-refractivity contribution is 5.98. The first-order valence-electron chi connectivity index (χ1n) is 5.90. The Hall–Kier alpha value is -1.89. The van der Waals surface area contributed by atoms with Crippen LogP contribution in [0, 0.1) is 12.8 Å². The molecule has 5 nitrogen and oxygen atoms in total. The van der Waals surface area contributed by atoms with Crippen molar-refractivity contribution in [3.8, 4) is 0 Å². The number of rotatable bonds is 4. The number of amidine groups is 1. The van der Waals surface area contributed by atoms with Crippen molar-refractivity contribution in [2.75, 3.05) is 12.3 Å². The Bertz CT molecular complexity index is 515. The van der Waals surface area contributed by atoms with Crippen molar-refractivity contribution in [2.45, 2.75) is 19.3 Å². The van der Waals surface area contributed by atoms with Crippen molar-refractivity contribution in [3.05, 3.63) is 29.3 Å². The van der Waals surface area contributed by atoms with Crippen molar-refractivity contribution < 1.29 is 8.78 Å². The Morgan fingerprint density at radius 3 is 2.68 bits per heavy atom. The summed E-state index contributed by atoms with van der Waals surface area (Å²) < 4.78 is 25.5. The molecule has 0 bridgehead atoms. The molecule has 1 aromatic carbocycles.